The zero-order valence-corrected chi connectivity index (χ0v) is 11.2. The van der Waals surface area contributed by atoms with E-state index in [1.54, 1.807) is 0 Å². The molecule has 0 amide bonds. The monoisotopic (exact) mass is 250 g/mol. The van der Waals surface area contributed by atoms with Gasteiger partial charge in [0.2, 0.25) is 5.95 Å². The molecule has 2 N–H and O–H groups in total. The number of aromatic nitrogens is 2. The maximum atomic E-state index is 8.97. The highest BCUT2D eigenvalue weighted by Gasteiger charge is 2.26. The quantitative estimate of drug-likeness (QED) is 0.830. The number of hydrogen-bond donors (Lipinski definition) is 2. The largest absolute Gasteiger partial charge is 0.396 e. The zero-order valence-electron chi connectivity index (χ0n) is 11.2. The van der Waals surface area contributed by atoms with Gasteiger partial charge in [0.05, 0.1) is 0 Å². The molecule has 0 saturated carbocycles. The lowest BCUT2D eigenvalue weighted by molar-refractivity contribution is 0.279. The number of hydrogen-bond acceptors (Lipinski definition) is 5. The van der Waals surface area contributed by atoms with E-state index in [4.69, 9.17) is 5.11 Å². The second-order valence-corrected chi connectivity index (χ2v) is 4.81. The topological polar surface area (TPSA) is 61.3 Å². The number of anilines is 2. The van der Waals surface area contributed by atoms with Crippen LogP contribution in [-0.4, -0.2) is 41.3 Å². The molecule has 100 valence electrons. The second kappa shape index (κ2) is 6.00. The van der Waals surface area contributed by atoms with Crippen molar-refractivity contribution in [3.8, 4) is 0 Å². The highest BCUT2D eigenvalue weighted by Crippen LogP contribution is 2.29. The highest BCUT2D eigenvalue weighted by atomic mass is 16.2. The van der Waals surface area contributed by atoms with Gasteiger partial charge in [-0.05, 0) is 32.6 Å². The number of rotatable bonds is 5. The first kappa shape index (κ1) is 13.1. The lowest BCUT2D eigenvalue weighted by atomic mass is 10.1. The van der Waals surface area contributed by atoms with E-state index in [9.17, 15) is 0 Å². The minimum atomic E-state index is 0.273. The Labute approximate surface area is 108 Å². The van der Waals surface area contributed by atoms with E-state index in [1.807, 2.05) is 13.2 Å². The highest BCUT2D eigenvalue weighted by molar-refractivity contribution is 5.50. The number of aliphatic hydroxyl groups is 1. The summed E-state index contributed by atoms with van der Waals surface area (Å²) >= 11 is 0. The molecule has 1 atom stereocenters. The summed E-state index contributed by atoms with van der Waals surface area (Å²) in [6.45, 7) is 3.38. The van der Waals surface area contributed by atoms with E-state index in [0.717, 1.165) is 30.8 Å². The third-order valence-corrected chi connectivity index (χ3v) is 3.51. The van der Waals surface area contributed by atoms with Crippen LogP contribution in [0.5, 0.6) is 0 Å². The van der Waals surface area contributed by atoms with Crippen molar-refractivity contribution in [2.45, 2.75) is 38.6 Å². The van der Waals surface area contributed by atoms with E-state index in [1.165, 1.54) is 12.8 Å². The minimum absolute atomic E-state index is 0.273. The van der Waals surface area contributed by atoms with Crippen LogP contribution < -0.4 is 10.2 Å². The number of nitrogens with zero attached hydrogens (tertiary/aromatic N) is 3. The first-order valence-electron chi connectivity index (χ1n) is 6.65. The second-order valence-electron chi connectivity index (χ2n) is 4.81. The van der Waals surface area contributed by atoms with Crippen LogP contribution in [0.2, 0.25) is 0 Å². The summed E-state index contributed by atoms with van der Waals surface area (Å²) in [6, 6.07) is 0.510. The fourth-order valence-corrected chi connectivity index (χ4v) is 2.59. The Balaban J connectivity index is 2.18. The molecule has 1 aromatic rings. The van der Waals surface area contributed by atoms with Crippen molar-refractivity contribution in [2.75, 3.05) is 30.4 Å². The van der Waals surface area contributed by atoms with E-state index >= 15 is 0 Å². The van der Waals surface area contributed by atoms with Crippen molar-refractivity contribution in [3.05, 3.63) is 11.8 Å². The Morgan fingerprint density at radius 1 is 1.56 bits per heavy atom. The number of aliphatic hydroxyl groups excluding tert-OH is 1. The van der Waals surface area contributed by atoms with Crippen molar-refractivity contribution in [3.63, 3.8) is 0 Å². The van der Waals surface area contributed by atoms with Crippen LogP contribution in [0.1, 0.15) is 31.2 Å². The fraction of sp³-hybridized carbons (Fsp3) is 0.692. The van der Waals surface area contributed by atoms with Crippen molar-refractivity contribution >= 4 is 11.8 Å². The molecule has 1 aliphatic heterocycles. The summed E-state index contributed by atoms with van der Waals surface area (Å²) in [4.78, 5) is 11.2. The molecule has 0 aromatic carbocycles. The van der Waals surface area contributed by atoms with Crippen LogP contribution in [0.4, 0.5) is 11.8 Å². The lowest BCUT2D eigenvalue weighted by Gasteiger charge is -2.27. The Morgan fingerprint density at radius 2 is 2.39 bits per heavy atom. The number of nitrogens with one attached hydrogen (secondary N) is 1. The Morgan fingerprint density at radius 3 is 3.11 bits per heavy atom. The minimum Gasteiger partial charge on any atom is -0.396 e. The number of aryl methyl sites for hydroxylation is 1. The molecule has 1 aromatic heterocycles. The Kier molecular flexibility index (Phi) is 4.36. The van der Waals surface area contributed by atoms with Crippen LogP contribution in [0.25, 0.3) is 0 Å². The molecule has 1 aliphatic rings. The Hall–Kier alpha value is -1.36. The molecule has 18 heavy (non-hydrogen) atoms. The maximum absolute atomic E-state index is 8.97. The SMILES string of the molecule is CNc1ncc(C)c(N2CCCC2CCCO)n1. The smallest absolute Gasteiger partial charge is 0.224 e. The summed E-state index contributed by atoms with van der Waals surface area (Å²) in [5.41, 5.74) is 1.12. The zero-order chi connectivity index (χ0) is 13.0. The average molecular weight is 250 g/mol. The first-order valence-corrected chi connectivity index (χ1v) is 6.65. The predicted octanol–water partition coefficient (Wildman–Crippen LogP) is 1.57. The third kappa shape index (κ3) is 2.72. The van der Waals surface area contributed by atoms with Crippen LogP contribution in [0, 0.1) is 6.92 Å². The van der Waals surface area contributed by atoms with Gasteiger partial charge >= 0.3 is 0 Å². The predicted molar refractivity (Wildman–Crippen MR) is 73.0 cm³/mol. The van der Waals surface area contributed by atoms with Gasteiger partial charge in [-0.1, -0.05) is 0 Å². The molecule has 2 heterocycles. The summed E-state index contributed by atoms with van der Waals surface area (Å²) in [6.07, 6.45) is 6.17. The molecule has 1 saturated heterocycles. The van der Waals surface area contributed by atoms with Gasteiger partial charge < -0.3 is 15.3 Å². The summed E-state index contributed by atoms with van der Waals surface area (Å²) in [7, 11) is 1.83. The van der Waals surface area contributed by atoms with Crippen molar-refractivity contribution in [2.24, 2.45) is 0 Å². The first-order chi connectivity index (χ1) is 8.76. The molecular weight excluding hydrogens is 228 g/mol. The Bertz CT molecular complexity index is 397. The maximum Gasteiger partial charge on any atom is 0.224 e. The normalized spacial score (nSPS) is 19.3. The van der Waals surface area contributed by atoms with Gasteiger partial charge in [0.15, 0.2) is 0 Å². The summed E-state index contributed by atoms with van der Waals surface area (Å²) < 4.78 is 0. The van der Waals surface area contributed by atoms with Crippen molar-refractivity contribution in [1.29, 1.82) is 0 Å². The van der Waals surface area contributed by atoms with Crippen molar-refractivity contribution < 1.29 is 5.11 Å². The van der Waals surface area contributed by atoms with E-state index < -0.39 is 0 Å². The standard InChI is InChI=1S/C13H22N4O/c1-10-9-15-13(14-2)16-12(10)17-7-3-5-11(17)6-4-8-18/h9,11,18H,3-8H2,1-2H3,(H,14,15,16). The van der Waals surface area contributed by atoms with Crippen LogP contribution in [-0.2, 0) is 0 Å². The molecule has 0 radical (unpaired) electrons. The van der Waals surface area contributed by atoms with Crippen molar-refractivity contribution in [1.82, 2.24) is 9.97 Å². The van der Waals surface area contributed by atoms with Crippen LogP contribution in [0.3, 0.4) is 0 Å². The molecule has 5 heteroatoms. The molecule has 5 nitrogen and oxygen atoms in total. The summed E-state index contributed by atoms with van der Waals surface area (Å²) in [5.74, 6) is 1.71. The molecular formula is C13H22N4O. The molecule has 1 fully saturated rings. The lowest BCUT2D eigenvalue weighted by Crippen LogP contribution is -2.31. The van der Waals surface area contributed by atoms with Gasteiger partial charge in [-0.25, -0.2) is 4.98 Å². The van der Waals surface area contributed by atoms with Crippen LogP contribution in [0.15, 0.2) is 6.20 Å². The molecule has 0 bridgehead atoms. The van der Waals surface area contributed by atoms with E-state index in [2.05, 4.69) is 27.1 Å². The molecule has 1 unspecified atom stereocenters. The van der Waals surface area contributed by atoms with Gasteiger partial charge in [-0.15, -0.1) is 0 Å². The van der Waals surface area contributed by atoms with E-state index in [-0.39, 0.29) is 6.61 Å². The average Bonchev–Trinajstić information content (AvgIpc) is 2.85. The third-order valence-electron chi connectivity index (χ3n) is 3.51. The molecule has 0 spiro atoms. The van der Waals surface area contributed by atoms with Crippen LogP contribution >= 0.6 is 0 Å². The molecule has 2 rings (SSSR count). The van der Waals surface area contributed by atoms with Gasteiger partial charge in [-0.2, -0.15) is 4.98 Å². The van der Waals surface area contributed by atoms with Gasteiger partial charge in [0.25, 0.3) is 0 Å². The molecule has 0 aliphatic carbocycles. The van der Waals surface area contributed by atoms with Gasteiger partial charge in [0.1, 0.15) is 5.82 Å². The van der Waals surface area contributed by atoms with Gasteiger partial charge in [0, 0.05) is 38.0 Å². The van der Waals surface area contributed by atoms with E-state index in [0.29, 0.717) is 12.0 Å². The summed E-state index contributed by atoms with van der Waals surface area (Å²) in [5, 5.41) is 12.0. The fourth-order valence-electron chi connectivity index (χ4n) is 2.59. The van der Waals surface area contributed by atoms with Gasteiger partial charge in [-0.3, -0.25) is 0 Å².